The van der Waals surface area contributed by atoms with Crippen molar-refractivity contribution in [1.82, 2.24) is 0 Å². The summed E-state index contributed by atoms with van der Waals surface area (Å²) in [6.07, 6.45) is 16.0. The third-order valence-electron chi connectivity index (χ3n) is 18.8. The molecule has 0 aromatic heterocycles. The quantitative estimate of drug-likeness (QED) is 0.0947. The maximum absolute atomic E-state index is 13.9. The fourth-order valence-corrected chi connectivity index (χ4v) is 15.2. The van der Waals surface area contributed by atoms with Gasteiger partial charge in [0.05, 0.1) is 31.2 Å². The SMILES string of the molecule is C=C1/C(=C\C=C2/CCC[C@@]3(C)C2CCC3[C@@H](C)/C=C/[C@@H](O)C2CC2)C[C@@H](O)C[C@@H]1OC(=O)CCC(=O)O[C@@H]1[C@@]2(C(C)C)O[C@H]2[C@@H]2O[C@]23[C@]12O[C@H]2C[C@H]1C2=C(CC[C@@]13C)C(=O)OC2. The Morgan fingerprint density at radius 1 is 0.919 bits per heavy atom. The topological polar surface area (TPSA) is 157 Å². The second-order valence-corrected chi connectivity index (χ2v) is 22.1. The summed E-state index contributed by atoms with van der Waals surface area (Å²) in [6.45, 7) is 15.9. The number of carbonyl (C=O) groups is 3. The predicted molar refractivity (Wildman–Crippen MR) is 226 cm³/mol. The van der Waals surface area contributed by atoms with Gasteiger partial charge < -0.3 is 38.6 Å². The van der Waals surface area contributed by atoms with Gasteiger partial charge in [-0.15, -0.1) is 0 Å². The number of esters is 3. The van der Waals surface area contributed by atoms with Crippen molar-refractivity contribution in [2.24, 2.45) is 46.3 Å². The van der Waals surface area contributed by atoms with Crippen LogP contribution >= 0.6 is 0 Å². The zero-order chi connectivity index (χ0) is 43.3. The average molecular weight is 855 g/mol. The van der Waals surface area contributed by atoms with Crippen LogP contribution in [0.25, 0.3) is 0 Å². The summed E-state index contributed by atoms with van der Waals surface area (Å²) in [7, 11) is 0. The first-order valence-corrected chi connectivity index (χ1v) is 24.0. The molecule has 11 rings (SSSR count). The van der Waals surface area contributed by atoms with Crippen molar-refractivity contribution < 1.29 is 53.0 Å². The summed E-state index contributed by atoms with van der Waals surface area (Å²) in [6, 6.07) is 0. The van der Waals surface area contributed by atoms with E-state index in [1.807, 2.05) is 6.08 Å². The molecule has 0 aromatic rings. The van der Waals surface area contributed by atoms with Crippen LogP contribution < -0.4 is 0 Å². The fourth-order valence-electron chi connectivity index (χ4n) is 15.2. The number of fused-ring (bicyclic) bond motifs is 5. The Balaban J connectivity index is 0.738. The Bertz CT molecular complexity index is 2100. The van der Waals surface area contributed by atoms with Gasteiger partial charge in [0.25, 0.3) is 0 Å². The first-order valence-electron chi connectivity index (χ1n) is 24.0. The second kappa shape index (κ2) is 14.2. The van der Waals surface area contributed by atoms with E-state index in [1.165, 1.54) is 18.4 Å². The number of allylic oxidation sites excluding steroid dienone is 4. The van der Waals surface area contributed by atoms with E-state index in [9.17, 15) is 24.6 Å². The van der Waals surface area contributed by atoms with Crippen LogP contribution in [0.15, 0.2) is 58.7 Å². The van der Waals surface area contributed by atoms with Crippen molar-refractivity contribution in [1.29, 1.82) is 0 Å². The number of ether oxygens (including phenoxy) is 6. The Labute approximate surface area is 365 Å². The first kappa shape index (κ1) is 41.6. The molecule has 3 saturated heterocycles. The summed E-state index contributed by atoms with van der Waals surface area (Å²) >= 11 is 0. The number of aliphatic hydroxyl groups excluding tert-OH is 2. The largest absolute Gasteiger partial charge is 0.458 e. The summed E-state index contributed by atoms with van der Waals surface area (Å²) in [5.41, 5.74) is 2.44. The molecule has 0 aromatic carbocycles. The van der Waals surface area contributed by atoms with Gasteiger partial charge in [-0.25, -0.2) is 4.79 Å². The summed E-state index contributed by atoms with van der Waals surface area (Å²) in [4.78, 5) is 39.9. The minimum absolute atomic E-state index is 0.0198. The summed E-state index contributed by atoms with van der Waals surface area (Å²) < 4.78 is 38.0. The number of carbonyl (C=O) groups excluding carboxylic acids is 3. The number of hydrogen-bond donors (Lipinski definition) is 2. The van der Waals surface area contributed by atoms with Crippen LogP contribution in [-0.4, -0.2) is 94.3 Å². The number of aliphatic hydroxyl groups is 2. The van der Waals surface area contributed by atoms with Crippen LogP contribution in [0.5, 0.6) is 0 Å². The number of rotatable bonds is 11. The van der Waals surface area contributed by atoms with Crippen molar-refractivity contribution in [3.63, 3.8) is 0 Å². The monoisotopic (exact) mass is 854 g/mol. The predicted octanol–water partition coefficient (Wildman–Crippen LogP) is 7.09. The standard InChI is InChI=1S/C51H66O11/c1-26(2)49-43(61-49)44-51(62-44)48(6)21-19-33-34(25-57-45(33)56)37(48)24-40-50(51,60-40)46(49)59-42(55)18-17-41(54)58-39-23-32(52)22-31(28(39)4)13-10-29-8-7-20-47(5)35(14-15-36(29)47)27(3)9-16-38(53)30-11-12-30/h9-10,13,16,26-27,30,32,35-40,43-44,46,52-53H,4,7-8,11-12,14-15,17-25H2,1-3,5-6H3/b16-9+,29-10+,31-13-/t27-,32+,35?,36?,37-,38+,39-,40-,43-,44-,46+,47+,48-,49-,50+,51+/m0/s1. The fraction of sp³-hybridized carbons (Fsp3) is 0.745. The van der Waals surface area contributed by atoms with E-state index in [1.54, 1.807) is 0 Å². The Morgan fingerprint density at radius 3 is 2.45 bits per heavy atom. The van der Waals surface area contributed by atoms with Gasteiger partial charge in [-0.1, -0.05) is 71.1 Å². The molecule has 6 saturated carbocycles. The highest BCUT2D eigenvalue weighted by Crippen LogP contribution is 2.83. The highest BCUT2D eigenvalue weighted by atomic mass is 16.8. The maximum Gasteiger partial charge on any atom is 0.334 e. The minimum atomic E-state index is -0.864. The molecule has 16 atom stereocenters. The number of cyclic esters (lactones) is 1. The van der Waals surface area contributed by atoms with E-state index in [0.29, 0.717) is 55.1 Å². The molecular weight excluding hydrogens is 789 g/mol. The summed E-state index contributed by atoms with van der Waals surface area (Å²) in [5, 5.41) is 21.4. The van der Waals surface area contributed by atoms with Gasteiger partial charge in [-0.2, -0.15) is 0 Å². The molecule has 2 spiro atoms. The highest BCUT2D eigenvalue weighted by molar-refractivity contribution is 5.92. The van der Waals surface area contributed by atoms with Crippen molar-refractivity contribution in [3.05, 3.63) is 58.7 Å². The molecule has 0 radical (unpaired) electrons. The van der Waals surface area contributed by atoms with Crippen LogP contribution in [0.4, 0.5) is 0 Å². The molecule has 336 valence electrons. The average Bonchev–Trinajstić information content (AvgIpc) is 4.07. The third-order valence-corrected chi connectivity index (χ3v) is 18.8. The Morgan fingerprint density at radius 2 is 1.69 bits per heavy atom. The summed E-state index contributed by atoms with van der Waals surface area (Å²) in [5.74, 6) is 0.735. The van der Waals surface area contributed by atoms with E-state index >= 15 is 0 Å². The molecule has 62 heavy (non-hydrogen) atoms. The number of hydrogen-bond acceptors (Lipinski definition) is 11. The van der Waals surface area contributed by atoms with E-state index in [4.69, 9.17) is 28.4 Å². The number of epoxide rings is 3. The van der Waals surface area contributed by atoms with Gasteiger partial charge in [0, 0.05) is 17.4 Å². The van der Waals surface area contributed by atoms with E-state index < -0.39 is 47.1 Å². The zero-order valence-electron chi connectivity index (χ0n) is 37.2. The lowest BCUT2D eigenvalue weighted by atomic mass is 9.46. The zero-order valence-corrected chi connectivity index (χ0v) is 37.2. The molecule has 4 heterocycles. The molecule has 11 aliphatic rings. The van der Waals surface area contributed by atoms with Crippen LogP contribution in [0.1, 0.15) is 125 Å². The van der Waals surface area contributed by atoms with Gasteiger partial charge in [-0.05, 0) is 128 Å². The lowest BCUT2D eigenvalue weighted by molar-refractivity contribution is -0.171. The molecule has 11 nitrogen and oxygen atoms in total. The molecule has 7 aliphatic carbocycles. The molecule has 0 amide bonds. The molecule has 9 fully saturated rings. The molecule has 2 unspecified atom stereocenters. The van der Waals surface area contributed by atoms with Crippen molar-refractivity contribution in [2.45, 2.75) is 184 Å². The smallest absolute Gasteiger partial charge is 0.334 e. The van der Waals surface area contributed by atoms with Crippen LogP contribution in [0.3, 0.4) is 0 Å². The molecular formula is C51H66O11. The minimum Gasteiger partial charge on any atom is -0.458 e. The van der Waals surface area contributed by atoms with Gasteiger partial charge in [0.2, 0.25) is 0 Å². The molecule has 4 aliphatic heterocycles. The van der Waals surface area contributed by atoms with E-state index in [-0.39, 0.29) is 72.3 Å². The highest BCUT2D eigenvalue weighted by Gasteiger charge is 3.01. The van der Waals surface area contributed by atoms with Crippen molar-refractivity contribution in [2.75, 3.05) is 6.61 Å². The Kier molecular flexibility index (Phi) is 9.53. The van der Waals surface area contributed by atoms with Crippen LogP contribution in [0.2, 0.25) is 0 Å². The molecule has 2 N–H and O–H groups in total. The molecule has 11 heteroatoms. The molecule has 0 bridgehead atoms. The van der Waals surface area contributed by atoms with Crippen LogP contribution in [0, 0.1) is 46.3 Å². The normalized spacial score (nSPS) is 48.0. The van der Waals surface area contributed by atoms with Gasteiger partial charge in [0.15, 0.2) is 11.7 Å². The van der Waals surface area contributed by atoms with E-state index in [2.05, 4.69) is 59.4 Å². The van der Waals surface area contributed by atoms with Crippen molar-refractivity contribution >= 4 is 17.9 Å². The first-order chi connectivity index (χ1) is 29.6. The van der Waals surface area contributed by atoms with Gasteiger partial charge >= 0.3 is 17.9 Å². The lowest BCUT2D eigenvalue weighted by Crippen LogP contribution is -2.70. The van der Waals surface area contributed by atoms with Gasteiger partial charge in [0.1, 0.15) is 36.1 Å². The second-order valence-electron chi connectivity index (χ2n) is 22.1. The third kappa shape index (κ3) is 5.81. The van der Waals surface area contributed by atoms with Crippen molar-refractivity contribution in [3.8, 4) is 0 Å². The maximum atomic E-state index is 13.9. The van der Waals surface area contributed by atoms with E-state index in [0.717, 1.165) is 55.2 Å². The van der Waals surface area contributed by atoms with Crippen LogP contribution in [-0.2, 0) is 42.8 Å². The Hall–Kier alpha value is -3.09. The van der Waals surface area contributed by atoms with Gasteiger partial charge in [-0.3, -0.25) is 9.59 Å². The lowest BCUT2D eigenvalue weighted by Gasteiger charge is -2.53.